The molecule has 0 spiro atoms. The lowest BCUT2D eigenvalue weighted by molar-refractivity contribution is -0.122. The first kappa shape index (κ1) is 18.0. The number of amides is 1. The van der Waals surface area contributed by atoms with Gasteiger partial charge >= 0.3 is 0 Å². The fraction of sp³-hybridized carbons (Fsp3) is 0.350. The van der Waals surface area contributed by atoms with E-state index in [0.717, 1.165) is 16.9 Å². The second-order valence-corrected chi connectivity index (χ2v) is 6.63. The molecule has 0 aliphatic rings. The number of hydrogen-bond acceptors (Lipinski definition) is 3. The molecule has 3 N–H and O–H groups in total. The van der Waals surface area contributed by atoms with Gasteiger partial charge in [0.1, 0.15) is 5.75 Å². The number of hydrogen-bond donors (Lipinski definition) is 2. The first-order valence-electron chi connectivity index (χ1n) is 8.14. The molecule has 1 atom stereocenters. The topological polar surface area (TPSA) is 64.3 Å². The van der Waals surface area contributed by atoms with Gasteiger partial charge in [-0.2, -0.15) is 0 Å². The first-order valence-corrected chi connectivity index (χ1v) is 8.14. The molecule has 0 heterocycles. The predicted molar refractivity (Wildman–Crippen MR) is 97.2 cm³/mol. The molecule has 24 heavy (non-hydrogen) atoms. The van der Waals surface area contributed by atoms with Gasteiger partial charge in [0, 0.05) is 12.0 Å². The Balaban J connectivity index is 1.91. The molecule has 4 nitrogen and oxygen atoms in total. The molecule has 2 rings (SSSR count). The van der Waals surface area contributed by atoms with E-state index in [4.69, 9.17) is 10.5 Å². The third kappa shape index (κ3) is 4.83. The Morgan fingerprint density at radius 3 is 2.33 bits per heavy atom. The summed E-state index contributed by atoms with van der Waals surface area (Å²) < 4.78 is 5.18. The summed E-state index contributed by atoms with van der Waals surface area (Å²) in [6.45, 7) is 4.72. The lowest BCUT2D eigenvalue weighted by atomic mass is 9.84. The molecule has 0 fully saturated rings. The fourth-order valence-corrected chi connectivity index (χ4v) is 2.54. The van der Waals surface area contributed by atoms with Crippen LogP contribution in [-0.4, -0.2) is 25.6 Å². The van der Waals surface area contributed by atoms with Crippen molar-refractivity contribution in [2.24, 2.45) is 5.73 Å². The third-order valence-corrected chi connectivity index (χ3v) is 4.21. The summed E-state index contributed by atoms with van der Waals surface area (Å²) in [6, 6.07) is 17.2. The van der Waals surface area contributed by atoms with Crippen molar-refractivity contribution in [3.05, 3.63) is 65.7 Å². The highest BCUT2D eigenvalue weighted by Gasteiger charge is 2.23. The fourth-order valence-electron chi connectivity index (χ4n) is 2.54. The molecule has 0 aliphatic carbocycles. The quantitative estimate of drug-likeness (QED) is 0.822. The van der Waals surface area contributed by atoms with Crippen LogP contribution >= 0.6 is 0 Å². The minimum atomic E-state index is -0.543. The van der Waals surface area contributed by atoms with Gasteiger partial charge in [0.25, 0.3) is 0 Å². The van der Waals surface area contributed by atoms with Gasteiger partial charge in [0.15, 0.2) is 0 Å². The number of rotatable bonds is 7. The average molecular weight is 326 g/mol. The SMILES string of the molecule is COc1ccc(C(C)(C)CNC(=O)[C@@H](N)Cc2ccccc2)cc1. The van der Waals surface area contributed by atoms with Crippen LogP contribution in [0.5, 0.6) is 5.75 Å². The van der Waals surface area contributed by atoms with Gasteiger partial charge in [-0.1, -0.05) is 56.3 Å². The van der Waals surface area contributed by atoms with Crippen molar-refractivity contribution >= 4 is 5.91 Å². The molecule has 4 heteroatoms. The molecule has 0 unspecified atom stereocenters. The van der Waals surface area contributed by atoms with E-state index in [2.05, 4.69) is 19.2 Å². The Hall–Kier alpha value is -2.33. The highest BCUT2D eigenvalue weighted by atomic mass is 16.5. The van der Waals surface area contributed by atoms with Gasteiger partial charge in [-0.05, 0) is 29.7 Å². The van der Waals surface area contributed by atoms with Crippen LogP contribution in [0.15, 0.2) is 54.6 Å². The minimum absolute atomic E-state index is 0.125. The Morgan fingerprint density at radius 2 is 1.75 bits per heavy atom. The van der Waals surface area contributed by atoms with E-state index < -0.39 is 6.04 Å². The van der Waals surface area contributed by atoms with Crippen LogP contribution in [0.4, 0.5) is 0 Å². The Morgan fingerprint density at radius 1 is 1.12 bits per heavy atom. The van der Waals surface area contributed by atoms with Crippen LogP contribution in [0, 0.1) is 0 Å². The first-order chi connectivity index (χ1) is 11.4. The van der Waals surface area contributed by atoms with Crippen LogP contribution in [0.1, 0.15) is 25.0 Å². The Labute approximate surface area is 144 Å². The second kappa shape index (κ2) is 7.97. The van der Waals surface area contributed by atoms with Gasteiger partial charge in [0.05, 0.1) is 13.2 Å². The van der Waals surface area contributed by atoms with E-state index in [0.29, 0.717) is 13.0 Å². The van der Waals surface area contributed by atoms with Crippen molar-refractivity contribution in [1.82, 2.24) is 5.32 Å². The maximum absolute atomic E-state index is 12.3. The molecule has 0 radical (unpaired) electrons. The normalized spacial score (nSPS) is 12.5. The van der Waals surface area contributed by atoms with Gasteiger partial charge in [-0.25, -0.2) is 0 Å². The summed E-state index contributed by atoms with van der Waals surface area (Å²) in [5.41, 5.74) is 8.04. The number of ether oxygens (including phenoxy) is 1. The predicted octanol–water partition coefficient (Wildman–Crippen LogP) is 2.66. The van der Waals surface area contributed by atoms with Crippen LogP contribution in [0.3, 0.4) is 0 Å². The van der Waals surface area contributed by atoms with E-state index >= 15 is 0 Å². The number of benzene rings is 2. The zero-order valence-corrected chi connectivity index (χ0v) is 14.6. The average Bonchev–Trinajstić information content (AvgIpc) is 2.60. The summed E-state index contributed by atoms with van der Waals surface area (Å²) >= 11 is 0. The molecule has 2 aromatic rings. The van der Waals surface area contributed by atoms with Crippen molar-refractivity contribution in [3.8, 4) is 5.75 Å². The molecule has 0 saturated heterocycles. The molecule has 0 saturated carbocycles. The Kier molecular flexibility index (Phi) is 5.99. The maximum Gasteiger partial charge on any atom is 0.237 e. The van der Waals surface area contributed by atoms with Crippen LogP contribution in [-0.2, 0) is 16.6 Å². The number of methoxy groups -OCH3 is 1. The summed E-state index contributed by atoms with van der Waals surface area (Å²) in [7, 11) is 1.65. The van der Waals surface area contributed by atoms with E-state index in [1.807, 2.05) is 54.6 Å². The highest BCUT2D eigenvalue weighted by Crippen LogP contribution is 2.24. The number of nitrogens with two attached hydrogens (primary N) is 1. The molecule has 1 amide bonds. The smallest absolute Gasteiger partial charge is 0.237 e. The molecule has 2 aromatic carbocycles. The van der Waals surface area contributed by atoms with Crippen LogP contribution in [0.2, 0.25) is 0 Å². The molecule has 0 bridgehead atoms. The summed E-state index contributed by atoms with van der Waals surface area (Å²) in [4.78, 5) is 12.3. The van der Waals surface area contributed by atoms with Crippen molar-refractivity contribution in [2.45, 2.75) is 31.7 Å². The Bertz CT molecular complexity index is 651. The van der Waals surface area contributed by atoms with Gasteiger partial charge in [0.2, 0.25) is 5.91 Å². The lowest BCUT2D eigenvalue weighted by Crippen LogP contribution is -2.46. The zero-order valence-electron chi connectivity index (χ0n) is 14.6. The molecule has 0 aliphatic heterocycles. The van der Waals surface area contributed by atoms with Gasteiger partial charge < -0.3 is 15.8 Å². The summed E-state index contributed by atoms with van der Waals surface area (Å²) in [5, 5.41) is 2.97. The van der Waals surface area contributed by atoms with Crippen LogP contribution in [0.25, 0.3) is 0 Å². The van der Waals surface area contributed by atoms with Crippen molar-refractivity contribution in [2.75, 3.05) is 13.7 Å². The standard InChI is InChI=1S/C20H26N2O2/c1-20(2,16-9-11-17(24-3)12-10-16)14-22-19(23)18(21)13-15-7-5-4-6-8-15/h4-12,18H,13-14,21H2,1-3H3,(H,22,23)/t18-/m0/s1. The molecular weight excluding hydrogens is 300 g/mol. The van der Waals surface area contributed by atoms with E-state index in [1.54, 1.807) is 7.11 Å². The van der Waals surface area contributed by atoms with Crippen LogP contribution < -0.4 is 15.8 Å². The highest BCUT2D eigenvalue weighted by molar-refractivity contribution is 5.81. The second-order valence-electron chi connectivity index (χ2n) is 6.63. The van der Waals surface area contributed by atoms with Gasteiger partial charge in [-0.3, -0.25) is 4.79 Å². The monoisotopic (exact) mass is 326 g/mol. The molecule has 0 aromatic heterocycles. The summed E-state index contributed by atoms with van der Waals surface area (Å²) in [6.07, 6.45) is 0.537. The lowest BCUT2D eigenvalue weighted by Gasteiger charge is -2.26. The van der Waals surface area contributed by atoms with E-state index in [1.165, 1.54) is 0 Å². The largest absolute Gasteiger partial charge is 0.497 e. The minimum Gasteiger partial charge on any atom is -0.497 e. The summed E-state index contributed by atoms with van der Waals surface area (Å²) in [5.74, 6) is 0.698. The van der Waals surface area contributed by atoms with Crippen molar-refractivity contribution in [3.63, 3.8) is 0 Å². The molecular formula is C20H26N2O2. The van der Waals surface area contributed by atoms with Gasteiger partial charge in [-0.15, -0.1) is 0 Å². The van der Waals surface area contributed by atoms with Crippen molar-refractivity contribution in [1.29, 1.82) is 0 Å². The van der Waals surface area contributed by atoms with E-state index in [-0.39, 0.29) is 11.3 Å². The number of carbonyl (C=O) groups is 1. The molecule has 128 valence electrons. The van der Waals surface area contributed by atoms with Crippen molar-refractivity contribution < 1.29 is 9.53 Å². The third-order valence-electron chi connectivity index (χ3n) is 4.21. The zero-order chi connectivity index (χ0) is 17.6. The number of nitrogens with one attached hydrogen (secondary N) is 1. The maximum atomic E-state index is 12.3. The van der Waals surface area contributed by atoms with E-state index in [9.17, 15) is 4.79 Å². The number of carbonyl (C=O) groups excluding carboxylic acids is 1.